The van der Waals surface area contributed by atoms with Crippen LogP contribution in [0.4, 0.5) is 10.5 Å². The average molecular weight is 404 g/mol. The molecule has 7 nitrogen and oxygen atoms in total. The molecule has 3 atom stereocenters. The van der Waals surface area contributed by atoms with Crippen LogP contribution in [0.3, 0.4) is 0 Å². The van der Waals surface area contributed by atoms with Crippen LogP contribution in [0.15, 0.2) is 24.3 Å². The van der Waals surface area contributed by atoms with Crippen LogP contribution in [0.2, 0.25) is 0 Å². The van der Waals surface area contributed by atoms with Crippen LogP contribution >= 0.6 is 0 Å². The number of nitrogens with zero attached hydrogens (tertiary/aromatic N) is 1. The van der Waals surface area contributed by atoms with Gasteiger partial charge < -0.3 is 20.3 Å². The largest absolute Gasteiger partial charge is 0.466 e. The molecule has 0 spiro atoms. The van der Waals surface area contributed by atoms with Crippen LogP contribution in [0.25, 0.3) is 0 Å². The number of likely N-dealkylation sites (tertiary alicyclic amines) is 1. The van der Waals surface area contributed by atoms with Crippen LogP contribution in [-0.4, -0.2) is 48.5 Å². The van der Waals surface area contributed by atoms with E-state index in [2.05, 4.69) is 10.6 Å². The van der Waals surface area contributed by atoms with E-state index in [9.17, 15) is 14.4 Å². The van der Waals surface area contributed by atoms with Crippen LogP contribution in [0, 0.1) is 18.8 Å². The maximum absolute atomic E-state index is 13.2. The number of esters is 1. The van der Waals surface area contributed by atoms with E-state index < -0.39 is 12.1 Å². The van der Waals surface area contributed by atoms with E-state index in [1.54, 1.807) is 11.8 Å². The van der Waals surface area contributed by atoms with Gasteiger partial charge in [0.25, 0.3) is 0 Å². The monoisotopic (exact) mass is 403 g/mol. The summed E-state index contributed by atoms with van der Waals surface area (Å²) in [6.45, 7) is 8.95. The molecule has 0 aliphatic carbocycles. The number of ether oxygens (including phenoxy) is 1. The average Bonchev–Trinajstić information content (AvgIpc) is 2.73. The molecule has 0 radical (unpaired) electrons. The Morgan fingerprint density at radius 2 is 1.90 bits per heavy atom. The standard InChI is InChI=1S/C22H33N3O4/c1-5-16(4)19(24-22(28)23-18-11-9-15(3)10-12-18)20(26)25-13-7-8-17(14-25)21(27)29-6-2/h9-12,16-17,19H,5-8,13-14H2,1-4H3,(H2,23,24,28). The van der Waals surface area contributed by atoms with E-state index in [4.69, 9.17) is 4.74 Å². The molecule has 1 aromatic carbocycles. The summed E-state index contributed by atoms with van der Waals surface area (Å²) in [5.74, 6) is -0.733. The Morgan fingerprint density at radius 1 is 1.21 bits per heavy atom. The highest BCUT2D eigenvalue weighted by Gasteiger charge is 2.35. The number of benzene rings is 1. The van der Waals surface area contributed by atoms with E-state index in [0.717, 1.165) is 24.8 Å². The zero-order chi connectivity index (χ0) is 21.4. The van der Waals surface area contributed by atoms with E-state index in [-0.39, 0.29) is 23.7 Å². The molecular formula is C22H33N3O4. The van der Waals surface area contributed by atoms with Crippen LogP contribution in [-0.2, 0) is 14.3 Å². The molecule has 2 N–H and O–H groups in total. The highest BCUT2D eigenvalue weighted by atomic mass is 16.5. The maximum atomic E-state index is 13.2. The molecule has 2 rings (SSSR count). The molecule has 1 aromatic rings. The minimum atomic E-state index is -0.647. The lowest BCUT2D eigenvalue weighted by molar-refractivity contribution is -0.151. The summed E-state index contributed by atoms with van der Waals surface area (Å²) < 4.78 is 5.12. The Hall–Kier alpha value is -2.57. The van der Waals surface area contributed by atoms with Crippen molar-refractivity contribution in [2.24, 2.45) is 11.8 Å². The van der Waals surface area contributed by atoms with Gasteiger partial charge >= 0.3 is 12.0 Å². The number of nitrogens with one attached hydrogen (secondary N) is 2. The SMILES string of the molecule is CCOC(=O)C1CCCN(C(=O)C(NC(=O)Nc2ccc(C)cc2)C(C)CC)C1. The third kappa shape index (κ3) is 6.48. The van der Waals surface area contributed by atoms with Crippen molar-refractivity contribution in [3.05, 3.63) is 29.8 Å². The fraction of sp³-hybridized carbons (Fsp3) is 0.591. The highest BCUT2D eigenvalue weighted by Crippen LogP contribution is 2.21. The van der Waals surface area contributed by atoms with E-state index in [1.807, 2.05) is 45.0 Å². The van der Waals surface area contributed by atoms with E-state index >= 15 is 0 Å². The number of amides is 3. The molecule has 0 saturated carbocycles. The van der Waals surface area contributed by atoms with Gasteiger partial charge in [-0.25, -0.2) is 4.79 Å². The van der Waals surface area contributed by atoms with Gasteiger partial charge in [0.05, 0.1) is 12.5 Å². The first-order valence-corrected chi connectivity index (χ1v) is 10.4. The number of carbonyl (C=O) groups is 3. The van der Waals surface area contributed by atoms with Crippen molar-refractivity contribution in [2.45, 2.75) is 53.0 Å². The second-order valence-corrected chi connectivity index (χ2v) is 7.70. The number of hydrogen-bond acceptors (Lipinski definition) is 4. The van der Waals surface area contributed by atoms with E-state index in [1.165, 1.54) is 0 Å². The molecule has 1 heterocycles. The molecule has 160 valence electrons. The minimum absolute atomic E-state index is 0.0331. The topological polar surface area (TPSA) is 87.7 Å². The van der Waals surface area contributed by atoms with Gasteiger partial charge in [-0.3, -0.25) is 9.59 Å². The Morgan fingerprint density at radius 3 is 2.52 bits per heavy atom. The van der Waals surface area contributed by atoms with Gasteiger partial charge in [0.2, 0.25) is 5.91 Å². The Balaban J connectivity index is 2.04. The maximum Gasteiger partial charge on any atom is 0.319 e. The van der Waals surface area contributed by atoms with Crippen molar-refractivity contribution in [2.75, 3.05) is 25.0 Å². The molecule has 3 amide bonds. The van der Waals surface area contributed by atoms with Gasteiger partial charge in [-0.2, -0.15) is 0 Å². The van der Waals surface area contributed by atoms with Crippen LogP contribution < -0.4 is 10.6 Å². The molecule has 1 aliphatic heterocycles. The zero-order valence-corrected chi connectivity index (χ0v) is 17.9. The normalized spacial score (nSPS) is 18.5. The lowest BCUT2D eigenvalue weighted by Gasteiger charge is -2.35. The first-order valence-electron chi connectivity index (χ1n) is 10.4. The van der Waals surface area contributed by atoms with Crippen molar-refractivity contribution in [3.8, 4) is 0 Å². The first-order chi connectivity index (χ1) is 13.8. The second-order valence-electron chi connectivity index (χ2n) is 7.70. The number of aryl methyl sites for hydroxylation is 1. The summed E-state index contributed by atoms with van der Waals surface area (Å²) in [4.78, 5) is 39.5. The zero-order valence-electron chi connectivity index (χ0n) is 17.9. The fourth-order valence-corrected chi connectivity index (χ4v) is 3.45. The predicted octanol–water partition coefficient (Wildman–Crippen LogP) is 3.33. The van der Waals surface area contributed by atoms with Crippen LogP contribution in [0.5, 0.6) is 0 Å². The summed E-state index contributed by atoms with van der Waals surface area (Å²) in [5, 5.41) is 5.62. The first kappa shape index (κ1) is 22.7. The molecule has 1 fully saturated rings. The van der Waals surface area contributed by atoms with Crippen molar-refractivity contribution < 1.29 is 19.1 Å². The molecule has 1 saturated heterocycles. The van der Waals surface area contributed by atoms with Crippen molar-refractivity contribution >= 4 is 23.6 Å². The summed E-state index contributed by atoms with van der Waals surface area (Å²) in [5.41, 5.74) is 1.77. The summed E-state index contributed by atoms with van der Waals surface area (Å²) in [7, 11) is 0. The second kappa shape index (κ2) is 10.8. The number of urea groups is 1. The van der Waals surface area contributed by atoms with Crippen molar-refractivity contribution in [3.63, 3.8) is 0 Å². The summed E-state index contributed by atoms with van der Waals surface area (Å²) >= 11 is 0. The van der Waals surface area contributed by atoms with Crippen molar-refractivity contribution in [1.29, 1.82) is 0 Å². The van der Waals surface area contributed by atoms with Gasteiger partial charge in [0, 0.05) is 18.8 Å². The third-order valence-electron chi connectivity index (χ3n) is 5.43. The molecule has 3 unspecified atom stereocenters. The van der Waals surface area contributed by atoms with Crippen molar-refractivity contribution in [1.82, 2.24) is 10.2 Å². The van der Waals surface area contributed by atoms with Gasteiger partial charge in [0.1, 0.15) is 6.04 Å². The number of piperidine rings is 1. The Kier molecular flexibility index (Phi) is 8.49. The fourth-order valence-electron chi connectivity index (χ4n) is 3.45. The molecular weight excluding hydrogens is 370 g/mol. The number of anilines is 1. The smallest absolute Gasteiger partial charge is 0.319 e. The third-order valence-corrected chi connectivity index (χ3v) is 5.43. The molecule has 29 heavy (non-hydrogen) atoms. The van der Waals surface area contributed by atoms with E-state index in [0.29, 0.717) is 25.4 Å². The quantitative estimate of drug-likeness (QED) is 0.684. The van der Waals surface area contributed by atoms with Gasteiger partial charge in [-0.15, -0.1) is 0 Å². The summed E-state index contributed by atoms with van der Waals surface area (Å²) in [6, 6.07) is 6.41. The van der Waals surface area contributed by atoms with Gasteiger partial charge in [-0.05, 0) is 44.7 Å². The van der Waals surface area contributed by atoms with Crippen LogP contribution in [0.1, 0.15) is 45.6 Å². The number of hydrogen-bond donors (Lipinski definition) is 2. The van der Waals surface area contributed by atoms with Gasteiger partial charge in [-0.1, -0.05) is 38.0 Å². The molecule has 7 heteroatoms. The van der Waals surface area contributed by atoms with Gasteiger partial charge in [0.15, 0.2) is 0 Å². The predicted molar refractivity (Wildman–Crippen MR) is 113 cm³/mol. The number of carbonyl (C=O) groups excluding carboxylic acids is 3. The number of rotatable bonds is 7. The Bertz CT molecular complexity index is 705. The lowest BCUT2D eigenvalue weighted by atomic mass is 9.94. The highest BCUT2D eigenvalue weighted by molar-refractivity contribution is 5.94. The lowest BCUT2D eigenvalue weighted by Crippen LogP contribution is -2.55. The summed E-state index contributed by atoms with van der Waals surface area (Å²) in [6.07, 6.45) is 2.21. The molecule has 1 aliphatic rings. The minimum Gasteiger partial charge on any atom is -0.466 e. The Labute approximate surface area is 173 Å². The molecule has 0 aromatic heterocycles. The molecule has 0 bridgehead atoms.